The summed E-state index contributed by atoms with van der Waals surface area (Å²) in [7, 11) is 0. The molecule has 6 nitrogen and oxygen atoms in total. The number of hydrogen-bond donors (Lipinski definition) is 1. The van der Waals surface area contributed by atoms with Crippen molar-refractivity contribution in [2.24, 2.45) is 0 Å². The molecule has 0 bridgehead atoms. The minimum atomic E-state index is -0.605. The van der Waals surface area contributed by atoms with Gasteiger partial charge in [0, 0.05) is 41.5 Å². The molecule has 38 heavy (non-hydrogen) atoms. The Morgan fingerprint density at radius 3 is 2.47 bits per heavy atom. The van der Waals surface area contributed by atoms with E-state index in [-0.39, 0.29) is 30.2 Å². The maximum absolute atomic E-state index is 13.5. The molecule has 1 aliphatic heterocycles. The molecule has 5 rings (SSSR count). The molecule has 3 aromatic rings. The second-order valence-corrected chi connectivity index (χ2v) is 10.8. The summed E-state index contributed by atoms with van der Waals surface area (Å²) in [5.41, 5.74) is 2.52. The van der Waals surface area contributed by atoms with E-state index in [1.165, 1.54) is 6.42 Å². The Morgan fingerprint density at radius 1 is 1.03 bits per heavy atom. The van der Waals surface area contributed by atoms with Crippen LogP contribution in [0.2, 0.25) is 5.02 Å². The average Bonchev–Trinajstić information content (AvgIpc) is 3.21. The Labute approximate surface area is 228 Å². The average molecular weight is 532 g/mol. The highest BCUT2D eigenvalue weighted by Crippen LogP contribution is 2.37. The molecule has 198 valence electrons. The lowest BCUT2D eigenvalue weighted by Gasteiger charge is -2.31. The van der Waals surface area contributed by atoms with Gasteiger partial charge in [0.25, 0.3) is 5.91 Å². The van der Waals surface area contributed by atoms with Crippen LogP contribution >= 0.6 is 11.6 Å². The number of nitrogens with one attached hydrogen (secondary N) is 1. The second-order valence-electron chi connectivity index (χ2n) is 10.4. The molecule has 1 saturated carbocycles. The van der Waals surface area contributed by atoms with E-state index < -0.39 is 6.04 Å². The molecule has 1 N–H and O–H groups in total. The smallest absolute Gasteiger partial charge is 0.258 e. The van der Waals surface area contributed by atoms with Crippen LogP contribution in [-0.4, -0.2) is 41.2 Å². The zero-order valence-electron chi connectivity index (χ0n) is 21.8. The Balaban J connectivity index is 1.26. The van der Waals surface area contributed by atoms with Gasteiger partial charge in [-0.3, -0.25) is 14.4 Å². The van der Waals surface area contributed by atoms with Gasteiger partial charge in [-0.15, -0.1) is 0 Å². The molecule has 7 heteroatoms. The molecule has 1 unspecified atom stereocenters. The lowest BCUT2D eigenvalue weighted by atomic mass is 9.95. The van der Waals surface area contributed by atoms with E-state index in [1.807, 2.05) is 48.5 Å². The van der Waals surface area contributed by atoms with E-state index in [1.54, 1.807) is 28.9 Å². The van der Waals surface area contributed by atoms with Gasteiger partial charge in [-0.05, 0) is 61.4 Å². The van der Waals surface area contributed by atoms with Crippen LogP contribution in [0.3, 0.4) is 0 Å². The fourth-order valence-electron chi connectivity index (χ4n) is 5.67. The van der Waals surface area contributed by atoms with E-state index in [9.17, 15) is 14.4 Å². The van der Waals surface area contributed by atoms with Crippen molar-refractivity contribution >= 4 is 45.8 Å². The molecule has 0 saturated heterocycles. The van der Waals surface area contributed by atoms with Crippen LogP contribution in [0, 0.1) is 0 Å². The Hall–Kier alpha value is -3.38. The fraction of sp³-hybridized carbons (Fsp3) is 0.387. The summed E-state index contributed by atoms with van der Waals surface area (Å²) >= 11 is 6.06. The molecule has 1 heterocycles. The molecule has 3 aromatic carbocycles. The van der Waals surface area contributed by atoms with Gasteiger partial charge >= 0.3 is 0 Å². The molecule has 3 amide bonds. The lowest BCUT2D eigenvalue weighted by molar-refractivity contribution is -0.141. The van der Waals surface area contributed by atoms with Crippen LogP contribution < -0.4 is 10.2 Å². The highest BCUT2D eigenvalue weighted by Gasteiger charge is 2.31. The van der Waals surface area contributed by atoms with Gasteiger partial charge in [0.2, 0.25) is 11.8 Å². The first-order valence-electron chi connectivity index (χ1n) is 13.6. The predicted molar refractivity (Wildman–Crippen MR) is 151 cm³/mol. The van der Waals surface area contributed by atoms with Gasteiger partial charge in [0.15, 0.2) is 0 Å². The summed E-state index contributed by atoms with van der Waals surface area (Å²) in [4.78, 5) is 43.2. The molecule has 2 aliphatic rings. The molecule has 1 aliphatic carbocycles. The number of benzene rings is 3. The predicted octanol–water partition coefficient (Wildman–Crippen LogP) is 6.10. The molecular formula is C31H34ClN3O3. The number of halogens is 1. The number of amides is 3. The van der Waals surface area contributed by atoms with Crippen molar-refractivity contribution in [2.75, 3.05) is 11.4 Å². The zero-order valence-corrected chi connectivity index (χ0v) is 22.5. The number of rotatable bonds is 9. The fourth-order valence-corrected chi connectivity index (χ4v) is 5.80. The summed E-state index contributed by atoms with van der Waals surface area (Å²) in [6, 6.07) is 18.6. The van der Waals surface area contributed by atoms with Gasteiger partial charge in [-0.2, -0.15) is 0 Å². The van der Waals surface area contributed by atoms with Crippen molar-refractivity contribution in [3.05, 3.63) is 76.8 Å². The minimum absolute atomic E-state index is 0.0255. The molecule has 0 spiro atoms. The van der Waals surface area contributed by atoms with Crippen LogP contribution in [-0.2, 0) is 16.1 Å². The third-order valence-electron chi connectivity index (χ3n) is 7.81. The zero-order chi connectivity index (χ0) is 26.6. The van der Waals surface area contributed by atoms with Crippen LogP contribution in [0.15, 0.2) is 60.7 Å². The Morgan fingerprint density at radius 2 is 1.74 bits per heavy atom. The van der Waals surface area contributed by atoms with Gasteiger partial charge in [0.1, 0.15) is 6.04 Å². The van der Waals surface area contributed by atoms with Crippen molar-refractivity contribution < 1.29 is 14.4 Å². The van der Waals surface area contributed by atoms with Gasteiger partial charge in [-0.1, -0.05) is 67.3 Å². The molecule has 0 aromatic heterocycles. The number of hydrogen-bond acceptors (Lipinski definition) is 3. The third-order valence-corrected chi connectivity index (χ3v) is 8.06. The van der Waals surface area contributed by atoms with Crippen molar-refractivity contribution in [1.82, 2.24) is 10.2 Å². The third kappa shape index (κ3) is 5.56. The normalized spacial score (nSPS) is 16.1. The lowest BCUT2D eigenvalue weighted by Crippen LogP contribution is -2.50. The van der Waals surface area contributed by atoms with E-state index in [0.29, 0.717) is 30.1 Å². The summed E-state index contributed by atoms with van der Waals surface area (Å²) < 4.78 is 0. The Kier molecular flexibility index (Phi) is 7.98. The van der Waals surface area contributed by atoms with Crippen molar-refractivity contribution in [1.29, 1.82) is 0 Å². The quantitative estimate of drug-likeness (QED) is 0.362. The first-order valence-corrected chi connectivity index (χ1v) is 14.0. The maximum Gasteiger partial charge on any atom is 0.258 e. The van der Waals surface area contributed by atoms with Crippen LogP contribution in [0.25, 0.3) is 10.8 Å². The van der Waals surface area contributed by atoms with E-state index >= 15 is 0 Å². The number of anilines is 1. The highest BCUT2D eigenvalue weighted by molar-refractivity contribution is 6.30. The van der Waals surface area contributed by atoms with Crippen molar-refractivity contribution in [2.45, 2.75) is 70.5 Å². The minimum Gasteiger partial charge on any atom is -0.352 e. The first kappa shape index (κ1) is 26.2. The van der Waals surface area contributed by atoms with Crippen molar-refractivity contribution in [3.8, 4) is 0 Å². The van der Waals surface area contributed by atoms with Crippen molar-refractivity contribution in [3.63, 3.8) is 0 Å². The number of nitrogens with zero attached hydrogens (tertiary/aromatic N) is 2. The molecular weight excluding hydrogens is 498 g/mol. The van der Waals surface area contributed by atoms with Crippen LogP contribution in [0.5, 0.6) is 0 Å². The highest BCUT2D eigenvalue weighted by atomic mass is 35.5. The maximum atomic E-state index is 13.5. The van der Waals surface area contributed by atoms with Gasteiger partial charge in [0.05, 0.1) is 5.69 Å². The van der Waals surface area contributed by atoms with E-state index in [2.05, 4.69) is 5.32 Å². The van der Waals surface area contributed by atoms with E-state index in [0.717, 1.165) is 47.7 Å². The summed E-state index contributed by atoms with van der Waals surface area (Å²) in [6.45, 7) is 2.56. The van der Waals surface area contributed by atoms with Gasteiger partial charge < -0.3 is 15.1 Å². The van der Waals surface area contributed by atoms with E-state index in [4.69, 9.17) is 11.6 Å². The summed E-state index contributed by atoms with van der Waals surface area (Å²) in [5, 5.41) is 5.81. The topological polar surface area (TPSA) is 69.7 Å². The Bertz CT molecular complexity index is 1330. The van der Waals surface area contributed by atoms with Crippen LogP contribution in [0.1, 0.15) is 67.8 Å². The van der Waals surface area contributed by atoms with Crippen LogP contribution in [0.4, 0.5) is 5.69 Å². The standard InChI is InChI=1S/C31H34ClN3O3/c1-21(30(37)33-25-10-3-2-4-11-25)35(20-22-15-17-24(32)18-16-22)28(36)14-7-19-34-27-13-6-9-23-8-5-12-26(29(23)27)31(34)38/h5-6,8-9,12-13,15-18,21,25H,2-4,7,10-11,14,19-20H2,1H3,(H,33,37). The number of carbonyl (C=O) groups is 3. The summed E-state index contributed by atoms with van der Waals surface area (Å²) in [6.07, 6.45) is 6.18. The van der Waals surface area contributed by atoms with Gasteiger partial charge in [-0.25, -0.2) is 0 Å². The second kappa shape index (κ2) is 11.6. The monoisotopic (exact) mass is 531 g/mol. The largest absolute Gasteiger partial charge is 0.352 e. The molecule has 0 radical (unpaired) electrons. The first-order chi connectivity index (χ1) is 18.4. The SMILES string of the molecule is CC(C(=O)NC1CCCCC1)N(Cc1ccc(Cl)cc1)C(=O)CCCN1C(=O)c2cccc3cccc1c23. The number of carbonyl (C=O) groups excluding carboxylic acids is 3. The summed E-state index contributed by atoms with van der Waals surface area (Å²) in [5.74, 6) is -0.243. The molecule has 1 fully saturated rings. The molecule has 1 atom stereocenters.